The van der Waals surface area contributed by atoms with E-state index in [1.54, 1.807) is 35.2 Å². The SMILES string of the molecule is CN1CCc2c(c3ccc(-n4ccc(OCc5ccc(Cl)cn5)cc4=O)cc3n2C)C1.Cl.Cl. The molecule has 0 saturated heterocycles. The Morgan fingerprint density at radius 1 is 1.09 bits per heavy atom. The Morgan fingerprint density at radius 3 is 2.64 bits per heavy atom. The van der Waals surface area contributed by atoms with Crippen molar-refractivity contribution in [3.63, 3.8) is 0 Å². The van der Waals surface area contributed by atoms with Crippen LogP contribution in [0.25, 0.3) is 16.6 Å². The summed E-state index contributed by atoms with van der Waals surface area (Å²) < 4.78 is 9.64. The first kappa shape index (κ1) is 25.1. The molecule has 0 bridgehead atoms. The Morgan fingerprint density at radius 2 is 1.91 bits per heavy atom. The summed E-state index contributed by atoms with van der Waals surface area (Å²) in [4.78, 5) is 19.3. The zero-order chi connectivity index (χ0) is 21.5. The van der Waals surface area contributed by atoms with Crippen LogP contribution in [0.1, 0.15) is 17.0 Å². The van der Waals surface area contributed by atoms with Crippen molar-refractivity contribution < 1.29 is 4.74 Å². The van der Waals surface area contributed by atoms with E-state index >= 15 is 0 Å². The lowest BCUT2D eigenvalue weighted by atomic mass is 10.0. The molecule has 33 heavy (non-hydrogen) atoms. The number of aromatic nitrogens is 3. The van der Waals surface area contributed by atoms with E-state index in [9.17, 15) is 4.79 Å². The van der Waals surface area contributed by atoms with Gasteiger partial charge in [-0.3, -0.25) is 14.3 Å². The highest BCUT2D eigenvalue weighted by Crippen LogP contribution is 2.31. The molecule has 0 aliphatic carbocycles. The van der Waals surface area contributed by atoms with Gasteiger partial charge in [0.1, 0.15) is 12.4 Å². The van der Waals surface area contributed by atoms with Gasteiger partial charge in [0, 0.05) is 56.1 Å². The smallest absolute Gasteiger partial charge is 0.258 e. The molecule has 9 heteroatoms. The van der Waals surface area contributed by atoms with Crippen LogP contribution in [0.5, 0.6) is 5.75 Å². The number of fused-ring (bicyclic) bond motifs is 3. The van der Waals surface area contributed by atoms with E-state index in [2.05, 4.69) is 40.7 Å². The number of rotatable bonds is 4. The number of aryl methyl sites for hydroxylation is 1. The van der Waals surface area contributed by atoms with Crippen molar-refractivity contribution in [1.29, 1.82) is 0 Å². The van der Waals surface area contributed by atoms with Crippen LogP contribution in [0.15, 0.2) is 59.7 Å². The van der Waals surface area contributed by atoms with Gasteiger partial charge >= 0.3 is 0 Å². The number of pyridine rings is 2. The largest absolute Gasteiger partial charge is 0.487 e. The van der Waals surface area contributed by atoms with Crippen LogP contribution in [0, 0.1) is 0 Å². The van der Waals surface area contributed by atoms with Gasteiger partial charge in [0.25, 0.3) is 5.56 Å². The predicted octanol–water partition coefficient (Wildman–Crippen LogP) is 4.79. The van der Waals surface area contributed by atoms with Gasteiger partial charge in [0.15, 0.2) is 0 Å². The number of benzene rings is 1. The average Bonchev–Trinajstić information content (AvgIpc) is 3.04. The normalized spacial score (nSPS) is 13.2. The number of hydrogen-bond acceptors (Lipinski definition) is 4. The molecule has 0 saturated carbocycles. The van der Waals surface area contributed by atoms with Crippen molar-refractivity contribution in [1.82, 2.24) is 19.0 Å². The highest BCUT2D eigenvalue weighted by Gasteiger charge is 2.21. The van der Waals surface area contributed by atoms with E-state index in [4.69, 9.17) is 16.3 Å². The zero-order valence-electron chi connectivity index (χ0n) is 18.3. The number of nitrogens with zero attached hydrogens (tertiary/aromatic N) is 4. The standard InChI is InChI=1S/C24H23ClN4O2.2ClH/c1-27-9-8-22-21(14-27)20-6-5-18(11-23(20)28(22)2)29-10-7-19(12-24(29)30)31-15-17-4-3-16(25)13-26-17;;/h3-7,10-13H,8-9,14-15H2,1-2H3;2*1H. The van der Waals surface area contributed by atoms with Gasteiger partial charge < -0.3 is 14.2 Å². The second-order valence-corrected chi connectivity index (χ2v) is 8.44. The molecule has 1 aliphatic rings. The predicted molar refractivity (Wildman–Crippen MR) is 137 cm³/mol. The molecule has 6 nitrogen and oxygen atoms in total. The van der Waals surface area contributed by atoms with Gasteiger partial charge in [-0.2, -0.15) is 0 Å². The summed E-state index contributed by atoms with van der Waals surface area (Å²) in [5.41, 5.74) is 5.38. The zero-order valence-corrected chi connectivity index (χ0v) is 20.7. The number of hydrogen-bond donors (Lipinski definition) is 0. The van der Waals surface area contributed by atoms with Crippen LogP contribution in [0.4, 0.5) is 0 Å². The first-order valence-electron chi connectivity index (χ1n) is 10.2. The lowest BCUT2D eigenvalue weighted by Crippen LogP contribution is -2.26. The van der Waals surface area contributed by atoms with Crippen molar-refractivity contribution in [2.45, 2.75) is 19.6 Å². The first-order valence-corrected chi connectivity index (χ1v) is 10.6. The molecule has 1 aliphatic heterocycles. The Kier molecular flexibility index (Phi) is 7.75. The minimum Gasteiger partial charge on any atom is -0.487 e. The minimum absolute atomic E-state index is 0. The van der Waals surface area contributed by atoms with Crippen LogP contribution < -0.4 is 10.3 Å². The summed E-state index contributed by atoms with van der Waals surface area (Å²) in [5, 5.41) is 1.84. The lowest BCUT2D eigenvalue weighted by molar-refractivity contribution is 0.300. The third kappa shape index (κ3) is 4.89. The number of halogens is 3. The monoisotopic (exact) mass is 506 g/mol. The maximum absolute atomic E-state index is 12.8. The highest BCUT2D eigenvalue weighted by atomic mass is 35.5. The Balaban J connectivity index is 0.00000153. The Labute approximate surface area is 209 Å². The van der Waals surface area contributed by atoms with Crippen LogP contribution in [-0.4, -0.2) is 32.6 Å². The summed E-state index contributed by atoms with van der Waals surface area (Å²) in [6.45, 7) is 2.30. The molecular weight excluding hydrogens is 483 g/mol. The highest BCUT2D eigenvalue weighted by molar-refractivity contribution is 6.30. The molecule has 1 aromatic carbocycles. The molecule has 0 spiro atoms. The minimum atomic E-state index is -0.139. The maximum atomic E-state index is 12.8. The van der Waals surface area contributed by atoms with E-state index in [0.29, 0.717) is 10.8 Å². The van der Waals surface area contributed by atoms with Gasteiger partial charge in [0.2, 0.25) is 0 Å². The second-order valence-electron chi connectivity index (χ2n) is 8.00. The van der Waals surface area contributed by atoms with E-state index in [-0.39, 0.29) is 37.0 Å². The fraction of sp³-hybridized carbons (Fsp3) is 0.250. The van der Waals surface area contributed by atoms with Gasteiger partial charge in [-0.15, -0.1) is 24.8 Å². The number of ether oxygens (including phenoxy) is 1. The topological polar surface area (TPSA) is 52.3 Å². The molecule has 0 N–H and O–H groups in total. The fourth-order valence-corrected chi connectivity index (χ4v) is 4.37. The molecular formula is C24H25Cl3N4O2. The molecule has 0 radical (unpaired) electrons. The molecule has 0 atom stereocenters. The molecule has 0 unspecified atom stereocenters. The van der Waals surface area contributed by atoms with E-state index in [0.717, 1.165) is 36.4 Å². The van der Waals surface area contributed by atoms with Crippen molar-refractivity contribution in [2.24, 2.45) is 7.05 Å². The molecule has 4 heterocycles. The van der Waals surface area contributed by atoms with Crippen LogP contribution in [-0.2, 0) is 26.6 Å². The van der Waals surface area contributed by atoms with E-state index in [1.165, 1.54) is 22.7 Å². The maximum Gasteiger partial charge on any atom is 0.258 e. The molecule has 174 valence electrons. The summed E-state index contributed by atoms with van der Waals surface area (Å²) >= 11 is 5.86. The quantitative estimate of drug-likeness (QED) is 0.399. The third-order valence-corrected chi connectivity index (χ3v) is 6.15. The second kappa shape index (κ2) is 10.2. The summed E-state index contributed by atoms with van der Waals surface area (Å²) in [6.07, 6.45) is 4.37. The van der Waals surface area contributed by atoms with Gasteiger partial charge in [-0.1, -0.05) is 17.7 Å². The lowest BCUT2D eigenvalue weighted by Gasteiger charge is -2.23. The van der Waals surface area contributed by atoms with Crippen molar-refractivity contribution in [3.8, 4) is 11.4 Å². The van der Waals surface area contributed by atoms with Crippen molar-refractivity contribution >= 4 is 47.3 Å². The summed E-state index contributed by atoms with van der Waals surface area (Å²) in [5.74, 6) is 0.511. The average molecular weight is 508 g/mol. The molecule has 3 aromatic heterocycles. The molecule has 5 rings (SSSR count). The first-order chi connectivity index (χ1) is 15.0. The fourth-order valence-electron chi connectivity index (χ4n) is 4.26. The van der Waals surface area contributed by atoms with Crippen LogP contribution >= 0.6 is 36.4 Å². The molecule has 0 fully saturated rings. The van der Waals surface area contributed by atoms with Gasteiger partial charge in [-0.05, 0) is 42.9 Å². The Bertz CT molecular complexity index is 1330. The van der Waals surface area contributed by atoms with Crippen LogP contribution in [0.3, 0.4) is 0 Å². The van der Waals surface area contributed by atoms with Crippen molar-refractivity contribution in [2.75, 3.05) is 13.6 Å². The summed E-state index contributed by atoms with van der Waals surface area (Å²) in [6, 6.07) is 13.1. The molecule has 4 aromatic rings. The van der Waals surface area contributed by atoms with Gasteiger partial charge in [-0.25, -0.2) is 0 Å². The van der Waals surface area contributed by atoms with E-state index in [1.807, 2.05) is 6.07 Å². The summed E-state index contributed by atoms with van der Waals surface area (Å²) in [7, 11) is 4.27. The van der Waals surface area contributed by atoms with Gasteiger partial charge in [0.05, 0.1) is 21.9 Å². The van der Waals surface area contributed by atoms with Crippen molar-refractivity contribution in [3.05, 3.63) is 87.2 Å². The number of likely N-dealkylation sites (N-methyl/N-ethyl adjacent to an activating group) is 1. The third-order valence-electron chi connectivity index (χ3n) is 5.92. The Hall–Kier alpha value is -2.51. The van der Waals surface area contributed by atoms with E-state index < -0.39 is 0 Å². The molecule has 0 amide bonds. The van der Waals surface area contributed by atoms with Crippen LogP contribution in [0.2, 0.25) is 5.02 Å².